The van der Waals surface area contributed by atoms with E-state index in [9.17, 15) is 9.59 Å². The van der Waals surface area contributed by atoms with Gasteiger partial charge in [-0.2, -0.15) is 5.10 Å². The van der Waals surface area contributed by atoms with E-state index < -0.39 is 5.54 Å². The Morgan fingerprint density at radius 3 is 2.79 bits per heavy atom. The predicted molar refractivity (Wildman–Crippen MR) is 127 cm³/mol. The third kappa shape index (κ3) is 3.64. The van der Waals surface area contributed by atoms with Crippen LogP contribution in [0.5, 0.6) is 0 Å². The number of carbonyl (C=O) groups excluding carboxylic acids is 2. The minimum absolute atomic E-state index is 0.0623. The molecule has 2 saturated heterocycles. The summed E-state index contributed by atoms with van der Waals surface area (Å²) in [5, 5.41) is 10.4. The van der Waals surface area contributed by atoms with Crippen molar-refractivity contribution in [1.82, 2.24) is 34.9 Å². The van der Waals surface area contributed by atoms with E-state index in [4.69, 9.17) is 0 Å². The Labute approximate surface area is 200 Å². The van der Waals surface area contributed by atoms with Crippen LogP contribution < -0.4 is 5.32 Å². The summed E-state index contributed by atoms with van der Waals surface area (Å²) in [5.74, 6) is 0.665. The molecule has 2 unspecified atom stereocenters. The Kier molecular flexibility index (Phi) is 5.58. The topological polar surface area (TPSA) is 110 Å². The van der Waals surface area contributed by atoms with Crippen molar-refractivity contribution < 1.29 is 9.59 Å². The van der Waals surface area contributed by atoms with Crippen molar-refractivity contribution in [2.45, 2.75) is 78.0 Å². The molecule has 2 fully saturated rings. The quantitative estimate of drug-likeness (QED) is 0.720. The minimum atomic E-state index is -0.517. The number of amides is 3. The standard InChI is InChI=1S/C24H34N8O2/c1-6-24(5)20-18(21(29-28-20)27-22(33)19-10-14(2)25-16(4)26-19)13-32(24)23(34)31-12-17-8-7-9-30(17)11-15(31)3/h10,15,17H,6-9,11-13H2,1-5H3,(H2,27,28,29,33)/t15-,17?,24?/m0/s1. The fourth-order valence-corrected chi connectivity index (χ4v) is 5.80. The van der Waals surface area contributed by atoms with Gasteiger partial charge in [0, 0.05) is 36.4 Å². The molecule has 3 amide bonds. The molecule has 5 rings (SSSR count). The molecule has 0 spiro atoms. The second-order valence-corrected chi connectivity index (χ2v) is 10.1. The highest BCUT2D eigenvalue weighted by Gasteiger charge is 2.49. The third-order valence-electron chi connectivity index (χ3n) is 7.85. The summed E-state index contributed by atoms with van der Waals surface area (Å²) in [5.41, 5.74) is 2.27. The number of aryl methyl sites for hydroxylation is 2. The maximum atomic E-state index is 13.9. The van der Waals surface area contributed by atoms with Crippen LogP contribution in [0.4, 0.5) is 10.6 Å². The molecule has 2 aromatic heterocycles. The molecule has 34 heavy (non-hydrogen) atoms. The highest BCUT2D eigenvalue weighted by Crippen LogP contribution is 2.44. The molecule has 5 heterocycles. The highest BCUT2D eigenvalue weighted by molar-refractivity contribution is 6.03. The van der Waals surface area contributed by atoms with E-state index in [1.807, 2.05) is 16.7 Å². The van der Waals surface area contributed by atoms with Crippen molar-refractivity contribution in [1.29, 1.82) is 0 Å². The van der Waals surface area contributed by atoms with Crippen LogP contribution in [0, 0.1) is 13.8 Å². The number of hydrogen-bond donors (Lipinski definition) is 2. The number of nitrogens with zero attached hydrogens (tertiary/aromatic N) is 6. The second-order valence-electron chi connectivity index (χ2n) is 10.1. The van der Waals surface area contributed by atoms with Crippen molar-refractivity contribution in [3.8, 4) is 0 Å². The zero-order chi connectivity index (χ0) is 24.2. The number of aromatic nitrogens is 4. The zero-order valence-corrected chi connectivity index (χ0v) is 20.7. The summed E-state index contributed by atoms with van der Waals surface area (Å²) in [6.07, 6.45) is 3.10. The Balaban J connectivity index is 1.38. The van der Waals surface area contributed by atoms with Gasteiger partial charge in [-0.25, -0.2) is 14.8 Å². The third-order valence-corrected chi connectivity index (χ3v) is 7.85. The van der Waals surface area contributed by atoms with Gasteiger partial charge in [-0.15, -0.1) is 0 Å². The molecule has 0 radical (unpaired) electrons. The molecular weight excluding hydrogens is 432 g/mol. The number of rotatable bonds is 3. The first-order valence-electron chi connectivity index (χ1n) is 12.2. The first kappa shape index (κ1) is 22.8. The van der Waals surface area contributed by atoms with Crippen LogP contribution in [0.3, 0.4) is 0 Å². The van der Waals surface area contributed by atoms with Gasteiger partial charge in [-0.1, -0.05) is 6.92 Å². The van der Waals surface area contributed by atoms with Crippen LogP contribution in [0.1, 0.15) is 73.3 Å². The van der Waals surface area contributed by atoms with Crippen LogP contribution in [0.25, 0.3) is 0 Å². The van der Waals surface area contributed by atoms with E-state index in [1.165, 1.54) is 6.42 Å². The van der Waals surface area contributed by atoms with E-state index >= 15 is 0 Å². The summed E-state index contributed by atoms with van der Waals surface area (Å²) in [6, 6.07) is 2.35. The normalized spacial score (nSPS) is 26.5. The molecule has 10 nitrogen and oxygen atoms in total. The van der Waals surface area contributed by atoms with Crippen LogP contribution in [0.15, 0.2) is 6.07 Å². The number of H-pyrrole nitrogens is 1. The maximum Gasteiger partial charge on any atom is 0.321 e. The molecule has 3 aliphatic rings. The largest absolute Gasteiger partial charge is 0.321 e. The van der Waals surface area contributed by atoms with Gasteiger partial charge in [0.2, 0.25) is 0 Å². The van der Waals surface area contributed by atoms with Gasteiger partial charge < -0.3 is 15.1 Å². The lowest BCUT2D eigenvalue weighted by Crippen LogP contribution is -2.60. The lowest BCUT2D eigenvalue weighted by Gasteiger charge is -2.46. The number of anilines is 1. The van der Waals surface area contributed by atoms with Crippen LogP contribution in [0.2, 0.25) is 0 Å². The van der Waals surface area contributed by atoms with Crippen molar-refractivity contribution in [3.05, 3.63) is 34.5 Å². The molecule has 2 aromatic rings. The first-order chi connectivity index (χ1) is 16.2. The molecule has 10 heteroatoms. The van der Waals surface area contributed by atoms with Gasteiger partial charge in [-0.3, -0.25) is 14.8 Å². The molecule has 0 aromatic carbocycles. The van der Waals surface area contributed by atoms with Crippen molar-refractivity contribution in [2.75, 3.05) is 25.0 Å². The Hall–Kier alpha value is -3.01. The Morgan fingerprint density at radius 1 is 1.26 bits per heavy atom. The number of piperazine rings is 1. The van der Waals surface area contributed by atoms with Gasteiger partial charge in [0.05, 0.1) is 17.8 Å². The highest BCUT2D eigenvalue weighted by atomic mass is 16.2. The summed E-state index contributed by atoms with van der Waals surface area (Å²) in [7, 11) is 0. The van der Waals surface area contributed by atoms with Gasteiger partial charge in [0.1, 0.15) is 11.5 Å². The molecule has 0 bridgehead atoms. The number of carbonyl (C=O) groups is 2. The fraction of sp³-hybridized carbons (Fsp3) is 0.625. The molecule has 3 aliphatic heterocycles. The Bertz CT molecular complexity index is 1110. The van der Waals surface area contributed by atoms with Crippen LogP contribution in [-0.4, -0.2) is 78.5 Å². The monoisotopic (exact) mass is 466 g/mol. The SMILES string of the molecule is CCC1(C)c2[nH]nc(NC(=O)c3cc(C)nc(C)n3)c2CN1C(=O)N1CC2CCCN2C[C@@H]1C. The number of hydrogen-bond acceptors (Lipinski definition) is 6. The average Bonchev–Trinajstić information content (AvgIpc) is 3.48. The first-order valence-corrected chi connectivity index (χ1v) is 12.2. The predicted octanol–water partition coefficient (Wildman–Crippen LogP) is 2.80. The molecule has 0 saturated carbocycles. The van der Waals surface area contributed by atoms with Crippen LogP contribution in [-0.2, 0) is 12.1 Å². The van der Waals surface area contributed by atoms with Gasteiger partial charge in [-0.05, 0) is 59.6 Å². The smallest absolute Gasteiger partial charge is 0.319 e. The maximum absolute atomic E-state index is 13.9. The molecule has 2 N–H and O–H groups in total. The lowest BCUT2D eigenvalue weighted by molar-refractivity contribution is 0.0409. The second kappa shape index (κ2) is 8.33. The lowest BCUT2D eigenvalue weighted by atomic mass is 9.94. The van der Waals surface area contributed by atoms with Crippen LogP contribution >= 0.6 is 0 Å². The van der Waals surface area contributed by atoms with Gasteiger partial charge >= 0.3 is 6.03 Å². The number of nitrogens with one attached hydrogen (secondary N) is 2. The number of aromatic amines is 1. The Morgan fingerprint density at radius 2 is 2.06 bits per heavy atom. The summed E-state index contributed by atoms with van der Waals surface area (Å²) in [6.45, 7) is 13.1. The average molecular weight is 467 g/mol. The fourth-order valence-electron chi connectivity index (χ4n) is 5.80. The van der Waals surface area contributed by atoms with E-state index in [-0.39, 0.29) is 18.0 Å². The molecule has 0 aliphatic carbocycles. The van der Waals surface area contributed by atoms with Gasteiger partial charge in [0.15, 0.2) is 5.82 Å². The number of fused-ring (bicyclic) bond motifs is 2. The summed E-state index contributed by atoms with van der Waals surface area (Å²) >= 11 is 0. The van der Waals surface area contributed by atoms with E-state index in [2.05, 4.69) is 51.2 Å². The summed E-state index contributed by atoms with van der Waals surface area (Å²) in [4.78, 5) is 41.8. The number of urea groups is 1. The van der Waals surface area contributed by atoms with Crippen molar-refractivity contribution in [2.24, 2.45) is 0 Å². The van der Waals surface area contributed by atoms with Gasteiger partial charge in [0.25, 0.3) is 5.91 Å². The van der Waals surface area contributed by atoms with Crippen molar-refractivity contribution >= 4 is 17.8 Å². The molecule has 3 atom stereocenters. The minimum Gasteiger partial charge on any atom is -0.319 e. The zero-order valence-electron chi connectivity index (χ0n) is 20.7. The van der Waals surface area contributed by atoms with E-state index in [0.717, 1.165) is 49.4 Å². The van der Waals surface area contributed by atoms with E-state index in [0.29, 0.717) is 29.9 Å². The van der Waals surface area contributed by atoms with Crippen molar-refractivity contribution in [3.63, 3.8) is 0 Å². The summed E-state index contributed by atoms with van der Waals surface area (Å²) < 4.78 is 0. The molecule has 182 valence electrons. The molecular formula is C24H34N8O2. The van der Waals surface area contributed by atoms with E-state index in [1.54, 1.807) is 13.0 Å².